The summed E-state index contributed by atoms with van der Waals surface area (Å²) in [6.07, 6.45) is 0.822. The summed E-state index contributed by atoms with van der Waals surface area (Å²) in [5, 5.41) is 0.733. The first-order valence-electron chi connectivity index (χ1n) is 5.48. The predicted octanol–water partition coefficient (Wildman–Crippen LogP) is 4.64. The van der Waals surface area contributed by atoms with E-state index < -0.39 is 0 Å². The lowest BCUT2D eigenvalue weighted by molar-refractivity contribution is 0.626. The standard InChI is InChI=1S/C15H13ClF/c1-11(13-4-8-15(17)9-5-13)10-12-2-6-14(16)7-3-12/h2-9,11H,1,10H2. The van der Waals surface area contributed by atoms with E-state index in [9.17, 15) is 4.39 Å². The lowest BCUT2D eigenvalue weighted by Crippen LogP contribution is -1.98. The van der Waals surface area contributed by atoms with Crippen molar-refractivity contribution in [1.82, 2.24) is 0 Å². The summed E-state index contributed by atoms with van der Waals surface area (Å²) in [6, 6.07) is 14.2. The fourth-order valence-electron chi connectivity index (χ4n) is 1.76. The topological polar surface area (TPSA) is 0 Å². The first-order valence-corrected chi connectivity index (χ1v) is 5.86. The maximum atomic E-state index is 12.8. The lowest BCUT2D eigenvalue weighted by Gasteiger charge is -2.11. The highest BCUT2D eigenvalue weighted by molar-refractivity contribution is 6.30. The summed E-state index contributed by atoms with van der Waals surface area (Å²) in [5.41, 5.74) is 2.22. The third-order valence-corrected chi connectivity index (χ3v) is 2.99. The van der Waals surface area contributed by atoms with E-state index in [0.717, 1.165) is 17.0 Å². The fraction of sp³-hybridized carbons (Fsp3) is 0.133. The van der Waals surface area contributed by atoms with E-state index in [1.165, 1.54) is 17.7 Å². The van der Waals surface area contributed by atoms with Crippen LogP contribution in [0.4, 0.5) is 4.39 Å². The van der Waals surface area contributed by atoms with E-state index in [0.29, 0.717) is 0 Å². The molecule has 1 radical (unpaired) electrons. The maximum Gasteiger partial charge on any atom is 0.123 e. The van der Waals surface area contributed by atoms with Gasteiger partial charge in [-0.05, 0) is 54.7 Å². The van der Waals surface area contributed by atoms with Gasteiger partial charge in [0, 0.05) is 5.02 Å². The Morgan fingerprint density at radius 2 is 1.59 bits per heavy atom. The van der Waals surface area contributed by atoms with Gasteiger partial charge in [0.05, 0.1) is 0 Å². The Balaban J connectivity index is 2.08. The van der Waals surface area contributed by atoms with Gasteiger partial charge in [-0.2, -0.15) is 0 Å². The molecular formula is C15H13ClF. The zero-order valence-electron chi connectivity index (χ0n) is 9.37. The average molecular weight is 248 g/mol. The summed E-state index contributed by atoms with van der Waals surface area (Å²) in [5.74, 6) is -0.0933. The molecule has 0 aliphatic carbocycles. The van der Waals surface area contributed by atoms with Gasteiger partial charge in [-0.15, -0.1) is 0 Å². The van der Waals surface area contributed by atoms with Crippen LogP contribution in [0.2, 0.25) is 5.02 Å². The van der Waals surface area contributed by atoms with E-state index in [-0.39, 0.29) is 11.7 Å². The molecule has 1 atom stereocenters. The molecule has 2 aromatic rings. The number of benzene rings is 2. The molecule has 0 nitrogen and oxygen atoms in total. The van der Waals surface area contributed by atoms with Gasteiger partial charge in [0.25, 0.3) is 0 Å². The highest BCUT2D eigenvalue weighted by Gasteiger charge is 2.06. The molecule has 17 heavy (non-hydrogen) atoms. The number of halogens is 2. The van der Waals surface area contributed by atoms with Crippen LogP contribution in [0.25, 0.3) is 0 Å². The summed E-state index contributed by atoms with van der Waals surface area (Å²) < 4.78 is 12.8. The van der Waals surface area contributed by atoms with Crippen molar-refractivity contribution < 1.29 is 4.39 Å². The zero-order valence-corrected chi connectivity index (χ0v) is 10.1. The summed E-state index contributed by atoms with van der Waals surface area (Å²) >= 11 is 5.83. The van der Waals surface area contributed by atoms with Crippen LogP contribution in [-0.2, 0) is 6.42 Å². The number of hydrogen-bond acceptors (Lipinski definition) is 0. The number of hydrogen-bond donors (Lipinski definition) is 0. The highest BCUT2D eigenvalue weighted by atomic mass is 35.5. The average Bonchev–Trinajstić information content (AvgIpc) is 2.33. The summed E-state index contributed by atoms with van der Waals surface area (Å²) in [6.45, 7) is 4.10. The molecule has 87 valence electrons. The Bertz CT molecular complexity index is 473. The number of rotatable bonds is 3. The van der Waals surface area contributed by atoms with Gasteiger partial charge in [0.1, 0.15) is 5.82 Å². The minimum Gasteiger partial charge on any atom is -0.207 e. The Labute approximate surface area is 106 Å². The Kier molecular flexibility index (Phi) is 3.80. The normalized spacial score (nSPS) is 12.4. The molecule has 2 rings (SSSR count). The van der Waals surface area contributed by atoms with Crippen molar-refractivity contribution in [3.63, 3.8) is 0 Å². The molecular weight excluding hydrogens is 235 g/mol. The molecule has 0 amide bonds. The molecule has 0 heterocycles. The molecule has 0 fully saturated rings. The summed E-state index contributed by atoms with van der Waals surface area (Å²) in [4.78, 5) is 0. The predicted molar refractivity (Wildman–Crippen MR) is 69.7 cm³/mol. The van der Waals surface area contributed by atoms with Crippen molar-refractivity contribution in [3.8, 4) is 0 Å². The molecule has 0 saturated heterocycles. The third-order valence-electron chi connectivity index (χ3n) is 2.74. The minimum absolute atomic E-state index is 0.122. The highest BCUT2D eigenvalue weighted by Crippen LogP contribution is 2.21. The van der Waals surface area contributed by atoms with Crippen molar-refractivity contribution in [2.24, 2.45) is 0 Å². The van der Waals surface area contributed by atoms with Gasteiger partial charge in [-0.1, -0.05) is 35.9 Å². The maximum absolute atomic E-state index is 12.8. The lowest BCUT2D eigenvalue weighted by atomic mass is 9.94. The van der Waals surface area contributed by atoms with Gasteiger partial charge in [-0.3, -0.25) is 0 Å². The molecule has 2 heteroatoms. The molecule has 0 aliphatic rings. The molecule has 0 spiro atoms. The van der Waals surface area contributed by atoms with Crippen LogP contribution >= 0.6 is 11.6 Å². The van der Waals surface area contributed by atoms with E-state index in [4.69, 9.17) is 11.6 Å². The van der Waals surface area contributed by atoms with Crippen LogP contribution in [-0.4, -0.2) is 0 Å². The molecule has 1 unspecified atom stereocenters. The Hall–Kier alpha value is -1.34. The quantitative estimate of drug-likeness (QED) is 0.741. The largest absolute Gasteiger partial charge is 0.207 e. The molecule has 0 aliphatic heterocycles. The van der Waals surface area contributed by atoms with Crippen LogP contribution in [0.1, 0.15) is 17.0 Å². The second-order valence-corrected chi connectivity index (χ2v) is 4.52. The first kappa shape index (κ1) is 12.1. The first-order chi connectivity index (χ1) is 8.15. The zero-order chi connectivity index (χ0) is 12.3. The van der Waals surface area contributed by atoms with Gasteiger partial charge >= 0.3 is 0 Å². The SMILES string of the molecule is [CH2]C(Cc1ccc(Cl)cc1)c1ccc(F)cc1. The second-order valence-electron chi connectivity index (χ2n) is 4.08. The smallest absolute Gasteiger partial charge is 0.123 e. The van der Waals surface area contributed by atoms with E-state index in [2.05, 4.69) is 6.92 Å². The molecule has 0 bridgehead atoms. The van der Waals surface area contributed by atoms with Crippen molar-refractivity contribution in [3.05, 3.63) is 77.4 Å². The van der Waals surface area contributed by atoms with Gasteiger partial charge in [0.15, 0.2) is 0 Å². The molecule has 0 N–H and O–H groups in total. The van der Waals surface area contributed by atoms with Crippen molar-refractivity contribution in [2.75, 3.05) is 0 Å². The fourth-order valence-corrected chi connectivity index (χ4v) is 1.88. The van der Waals surface area contributed by atoms with Crippen LogP contribution in [0, 0.1) is 12.7 Å². The van der Waals surface area contributed by atoms with Crippen molar-refractivity contribution in [2.45, 2.75) is 12.3 Å². The van der Waals surface area contributed by atoms with Crippen LogP contribution in [0.15, 0.2) is 48.5 Å². The van der Waals surface area contributed by atoms with Gasteiger partial charge in [0.2, 0.25) is 0 Å². The van der Waals surface area contributed by atoms with Gasteiger partial charge in [-0.25, -0.2) is 4.39 Å². The third kappa shape index (κ3) is 3.31. The molecule has 0 saturated carbocycles. The van der Waals surface area contributed by atoms with Crippen LogP contribution < -0.4 is 0 Å². The van der Waals surface area contributed by atoms with Crippen molar-refractivity contribution >= 4 is 11.6 Å². The van der Waals surface area contributed by atoms with Gasteiger partial charge < -0.3 is 0 Å². The Morgan fingerprint density at radius 1 is 1.00 bits per heavy atom. The molecule has 0 aromatic heterocycles. The summed E-state index contributed by atoms with van der Waals surface area (Å²) in [7, 11) is 0. The van der Waals surface area contributed by atoms with E-state index >= 15 is 0 Å². The molecule has 2 aromatic carbocycles. The van der Waals surface area contributed by atoms with Crippen LogP contribution in [0.5, 0.6) is 0 Å². The Morgan fingerprint density at radius 3 is 2.18 bits per heavy atom. The monoisotopic (exact) mass is 247 g/mol. The van der Waals surface area contributed by atoms with E-state index in [1.807, 2.05) is 24.3 Å². The minimum atomic E-state index is -0.215. The second kappa shape index (κ2) is 5.33. The van der Waals surface area contributed by atoms with E-state index in [1.54, 1.807) is 12.1 Å². The van der Waals surface area contributed by atoms with Crippen molar-refractivity contribution in [1.29, 1.82) is 0 Å². The van der Waals surface area contributed by atoms with Crippen LogP contribution in [0.3, 0.4) is 0 Å².